The maximum Gasteiger partial charge on any atom is 0.423 e. The number of para-hydroxylation sites is 1. The molecule has 0 bridgehead atoms. The fraction of sp³-hybridized carbons (Fsp3) is 0.444. The van der Waals surface area contributed by atoms with Crippen molar-refractivity contribution in [3.63, 3.8) is 0 Å². The molecule has 0 saturated heterocycles. The third kappa shape index (κ3) is 4.11. The van der Waals surface area contributed by atoms with Gasteiger partial charge in [0, 0.05) is 17.2 Å². The molecule has 1 aromatic carbocycles. The molecule has 0 unspecified atom stereocenters. The summed E-state index contributed by atoms with van der Waals surface area (Å²) in [5.41, 5.74) is -0.155. The number of hydrogen-bond acceptors (Lipinski definition) is 4. The predicted octanol–water partition coefficient (Wildman–Crippen LogP) is 5.74. The Hall–Kier alpha value is -1.83. The molecule has 1 heterocycles. The van der Waals surface area contributed by atoms with Crippen molar-refractivity contribution in [2.75, 3.05) is 11.4 Å². The number of ether oxygens (including phenoxy) is 1. The van der Waals surface area contributed by atoms with Gasteiger partial charge in [-0.1, -0.05) is 12.1 Å². The van der Waals surface area contributed by atoms with E-state index in [0.29, 0.717) is 6.54 Å². The Morgan fingerprint density at radius 2 is 1.92 bits per heavy atom. The molecule has 26 heavy (non-hydrogen) atoms. The van der Waals surface area contributed by atoms with Gasteiger partial charge in [0.25, 0.3) is 0 Å². The van der Waals surface area contributed by atoms with E-state index in [0.717, 1.165) is 42.0 Å². The Kier molecular flexibility index (Phi) is 5.70. The lowest BCUT2D eigenvalue weighted by molar-refractivity contribution is -0.139. The second kappa shape index (κ2) is 7.82. The van der Waals surface area contributed by atoms with Gasteiger partial charge in [-0.15, -0.1) is 0 Å². The fourth-order valence-corrected chi connectivity index (χ4v) is 3.52. The van der Waals surface area contributed by atoms with E-state index in [1.807, 2.05) is 31.2 Å². The minimum Gasteiger partial charge on any atom is -0.474 e. The molecule has 1 aliphatic rings. The summed E-state index contributed by atoms with van der Waals surface area (Å²) in [6.07, 6.45) is -0.554. The first-order chi connectivity index (χ1) is 12.4. The number of nitrogens with zero attached hydrogens (tertiary/aromatic N) is 3. The van der Waals surface area contributed by atoms with Gasteiger partial charge in [-0.25, -0.2) is 4.98 Å². The number of benzene rings is 1. The third-order valence-electron chi connectivity index (χ3n) is 4.33. The molecule has 140 valence electrons. The minimum atomic E-state index is -4.56. The topological polar surface area (TPSA) is 38.2 Å². The molecule has 4 nitrogen and oxygen atoms in total. The smallest absolute Gasteiger partial charge is 0.423 e. The van der Waals surface area contributed by atoms with E-state index in [2.05, 4.69) is 25.9 Å². The van der Waals surface area contributed by atoms with Gasteiger partial charge in [0.05, 0.1) is 5.69 Å². The molecule has 0 radical (unpaired) electrons. The first kappa shape index (κ1) is 18.9. The van der Waals surface area contributed by atoms with Crippen molar-refractivity contribution < 1.29 is 17.9 Å². The Bertz CT molecular complexity index is 764. The zero-order chi connectivity index (χ0) is 18.7. The molecule has 0 aliphatic heterocycles. The summed E-state index contributed by atoms with van der Waals surface area (Å²) in [6.45, 7) is 2.38. The van der Waals surface area contributed by atoms with Crippen LogP contribution in [-0.2, 0) is 6.18 Å². The van der Waals surface area contributed by atoms with Crippen LogP contribution in [0.1, 0.15) is 38.2 Å². The van der Waals surface area contributed by atoms with Crippen LogP contribution in [0.2, 0.25) is 0 Å². The first-order valence-electron chi connectivity index (χ1n) is 8.53. The minimum absolute atomic E-state index is 0.181. The molecule has 0 spiro atoms. The van der Waals surface area contributed by atoms with Gasteiger partial charge in [-0.2, -0.15) is 18.2 Å². The summed E-state index contributed by atoms with van der Waals surface area (Å²) in [7, 11) is 0. The molecule has 1 aromatic heterocycles. The summed E-state index contributed by atoms with van der Waals surface area (Å²) >= 11 is 3.46. The number of halogens is 4. The standard InChI is InChI=1S/C18H19BrF3N3O/c1-2-25(15-10-6-5-9-14(15)19)17-23-11-13(18(20,21)22)16(24-17)26-12-7-3-4-8-12/h5-6,9-12H,2-4,7-8H2,1H3. The van der Waals surface area contributed by atoms with Crippen LogP contribution in [0.25, 0.3) is 0 Å². The SMILES string of the molecule is CCN(c1ncc(C(F)(F)F)c(OC2CCCC2)n1)c1ccccc1Br. The van der Waals surface area contributed by atoms with E-state index in [1.165, 1.54) is 0 Å². The molecule has 1 aliphatic carbocycles. The molecule has 0 atom stereocenters. The Labute approximate surface area is 158 Å². The number of hydrogen-bond donors (Lipinski definition) is 0. The average Bonchev–Trinajstić information content (AvgIpc) is 3.09. The van der Waals surface area contributed by atoms with Crippen molar-refractivity contribution in [1.82, 2.24) is 9.97 Å². The van der Waals surface area contributed by atoms with E-state index in [9.17, 15) is 13.2 Å². The van der Waals surface area contributed by atoms with Crippen LogP contribution >= 0.6 is 15.9 Å². The molecule has 0 N–H and O–H groups in total. The van der Waals surface area contributed by atoms with Crippen molar-refractivity contribution >= 4 is 27.6 Å². The van der Waals surface area contributed by atoms with Crippen LogP contribution in [0.5, 0.6) is 5.88 Å². The number of anilines is 2. The molecular formula is C18H19BrF3N3O. The van der Waals surface area contributed by atoms with E-state index in [1.54, 1.807) is 4.90 Å². The second-order valence-electron chi connectivity index (χ2n) is 6.11. The summed E-state index contributed by atoms with van der Waals surface area (Å²) in [4.78, 5) is 9.85. The molecule has 8 heteroatoms. The van der Waals surface area contributed by atoms with Gasteiger partial charge in [0.2, 0.25) is 11.8 Å². The van der Waals surface area contributed by atoms with Gasteiger partial charge in [-0.3, -0.25) is 0 Å². The molecule has 1 saturated carbocycles. The van der Waals surface area contributed by atoms with E-state index in [-0.39, 0.29) is 17.9 Å². The zero-order valence-corrected chi connectivity index (χ0v) is 15.8. The highest BCUT2D eigenvalue weighted by Gasteiger charge is 2.37. The number of aromatic nitrogens is 2. The quantitative estimate of drug-likeness (QED) is 0.607. The molecular weight excluding hydrogens is 411 g/mol. The first-order valence-corrected chi connectivity index (χ1v) is 9.32. The third-order valence-corrected chi connectivity index (χ3v) is 5.00. The van der Waals surface area contributed by atoms with Gasteiger partial charge < -0.3 is 9.64 Å². The van der Waals surface area contributed by atoms with Crippen LogP contribution in [0, 0.1) is 0 Å². The molecule has 1 fully saturated rings. The number of rotatable bonds is 5. The Morgan fingerprint density at radius 3 is 2.54 bits per heavy atom. The highest BCUT2D eigenvalue weighted by atomic mass is 79.9. The molecule has 3 rings (SSSR count). The maximum absolute atomic E-state index is 13.3. The Balaban J connectivity index is 2.00. The van der Waals surface area contributed by atoms with Gasteiger partial charge >= 0.3 is 6.18 Å². The van der Waals surface area contributed by atoms with Crippen LogP contribution in [0.3, 0.4) is 0 Å². The largest absolute Gasteiger partial charge is 0.474 e. The van der Waals surface area contributed by atoms with Crippen LogP contribution in [0.4, 0.5) is 24.8 Å². The van der Waals surface area contributed by atoms with Crippen molar-refractivity contribution in [1.29, 1.82) is 0 Å². The van der Waals surface area contributed by atoms with E-state index in [4.69, 9.17) is 4.74 Å². The monoisotopic (exact) mass is 429 g/mol. The van der Waals surface area contributed by atoms with Crippen molar-refractivity contribution in [3.05, 3.63) is 40.5 Å². The van der Waals surface area contributed by atoms with Gasteiger partial charge in [0.15, 0.2) is 0 Å². The number of alkyl halides is 3. The van der Waals surface area contributed by atoms with Crippen LogP contribution in [0.15, 0.2) is 34.9 Å². The zero-order valence-electron chi connectivity index (χ0n) is 14.3. The van der Waals surface area contributed by atoms with Crippen molar-refractivity contribution in [2.24, 2.45) is 0 Å². The van der Waals surface area contributed by atoms with Gasteiger partial charge in [0.1, 0.15) is 11.7 Å². The van der Waals surface area contributed by atoms with Crippen LogP contribution in [-0.4, -0.2) is 22.6 Å². The lowest BCUT2D eigenvalue weighted by Gasteiger charge is -2.24. The maximum atomic E-state index is 13.3. The average molecular weight is 430 g/mol. The summed E-state index contributed by atoms with van der Waals surface area (Å²) in [5.74, 6) is -0.208. The Morgan fingerprint density at radius 1 is 1.23 bits per heavy atom. The lowest BCUT2D eigenvalue weighted by atomic mass is 10.2. The predicted molar refractivity (Wildman–Crippen MR) is 96.7 cm³/mol. The summed E-state index contributed by atoms with van der Waals surface area (Å²) < 4.78 is 46.5. The summed E-state index contributed by atoms with van der Waals surface area (Å²) in [6, 6.07) is 7.43. The second-order valence-corrected chi connectivity index (χ2v) is 6.96. The fourth-order valence-electron chi connectivity index (χ4n) is 3.03. The highest BCUT2D eigenvalue weighted by Crippen LogP contribution is 2.38. The van der Waals surface area contributed by atoms with Crippen LogP contribution < -0.4 is 9.64 Å². The summed E-state index contributed by atoms with van der Waals surface area (Å²) in [5, 5.41) is 0. The van der Waals surface area contributed by atoms with Crippen molar-refractivity contribution in [3.8, 4) is 5.88 Å². The van der Waals surface area contributed by atoms with E-state index >= 15 is 0 Å². The molecule has 0 amide bonds. The lowest BCUT2D eigenvalue weighted by Crippen LogP contribution is -2.22. The van der Waals surface area contributed by atoms with E-state index < -0.39 is 11.7 Å². The normalized spacial score (nSPS) is 15.3. The highest BCUT2D eigenvalue weighted by molar-refractivity contribution is 9.10. The molecule has 2 aromatic rings. The van der Waals surface area contributed by atoms with Gasteiger partial charge in [-0.05, 0) is 60.7 Å². The van der Waals surface area contributed by atoms with Crippen molar-refractivity contribution in [2.45, 2.75) is 44.9 Å².